The largest absolute Gasteiger partial charge is 0.398 e. The Morgan fingerprint density at radius 2 is 2.05 bits per heavy atom. The molecule has 0 radical (unpaired) electrons. The van der Waals surface area contributed by atoms with Crippen molar-refractivity contribution in [1.29, 1.82) is 0 Å². The van der Waals surface area contributed by atoms with Gasteiger partial charge in [0.25, 0.3) is 0 Å². The van der Waals surface area contributed by atoms with E-state index < -0.39 is 15.8 Å². The molecule has 3 N–H and O–H groups in total. The third kappa shape index (κ3) is 4.15. The fourth-order valence-corrected chi connectivity index (χ4v) is 4.36. The summed E-state index contributed by atoms with van der Waals surface area (Å²) in [6.07, 6.45) is 2.30. The lowest BCUT2D eigenvalue weighted by Crippen LogP contribution is -2.41. The number of benzene rings is 1. The van der Waals surface area contributed by atoms with E-state index in [4.69, 9.17) is 5.73 Å². The number of hydrogen-bond acceptors (Lipinski definition) is 4. The molecule has 1 saturated heterocycles. The number of nitrogen functional groups attached to an aromatic ring is 1. The fraction of sp³-hybridized carbons (Fsp3) is 0.538. The van der Waals surface area contributed by atoms with E-state index in [-0.39, 0.29) is 21.1 Å². The molecule has 1 unspecified atom stereocenters. The molecule has 2 rings (SSSR count). The molecule has 0 saturated carbocycles. The zero-order chi connectivity index (χ0) is 15.6. The molecule has 1 aliphatic rings. The van der Waals surface area contributed by atoms with Crippen LogP contribution in [0.4, 0.5) is 10.1 Å². The molecule has 0 aliphatic carbocycles. The van der Waals surface area contributed by atoms with E-state index in [0.29, 0.717) is 6.54 Å². The molecule has 1 atom stereocenters. The van der Waals surface area contributed by atoms with Gasteiger partial charge in [0.2, 0.25) is 10.0 Å². The van der Waals surface area contributed by atoms with Crippen LogP contribution in [0.3, 0.4) is 0 Å². The number of sulfonamides is 1. The van der Waals surface area contributed by atoms with Gasteiger partial charge >= 0.3 is 0 Å². The van der Waals surface area contributed by atoms with E-state index in [9.17, 15) is 12.8 Å². The van der Waals surface area contributed by atoms with E-state index in [2.05, 4.69) is 25.6 Å². The molecule has 1 aromatic rings. The predicted molar refractivity (Wildman–Crippen MR) is 84.0 cm³/mol. The molecular formula is C13H19BrFN3O2S. The van der Waals surface area contributed by atoms with Crippen LogP contribution in [0.25, 0.3) is 0 Å². The number of hydrogen-bond donors (Lipinski definition) is 2. The summed E-state index contributed by atoms with van der Waals surface area (Å²) in [4.78, 5) is 2.11. The quantitative estimate of drug-likeness (QED) is 0.766. The van der Waals surface area contributed by atoms with Gasteiger partial charge in [0.05, 0.1) is 10.2 Å². The highest BCUT2D eigenvalue weighted by Crippen LogP contribution is 2.26. The lowest BCUT2D eigenvalue weighted by atomic mass is 10.3. The minimum Gasteiger partial charge on any atom is -0.398 e. The topological polar surface area (TPSA) is 75.4 Å². The standard InChI is InChI=1S/C13H19BrFN3O2S/c1-9(8-18-4-2-3-5-18)17-21(19,20)13-6-10(14)11(15)7-12(13)16/h6-7,9,17H,2-5,8,16H2,1H3. The van der Waals surface area contributed by atoms with E-state index in [1.165, 1.54) is 6.07 Å². The summed E-state index contributed by atoms with van der Waals surface area (Å²) in [6, 6.07) is 1.95. The zero-order valence-electron chi connectivity index (χ0n) is 11.8. The molecule has 0 bridgehead atoms. The number of anilines is 1. The number of halogens is 2. The van der Waals surface area contributed by atoms with E-state index in [0.717, 1.165) is 32.0 Å². The summed E-state index contributed by atoms with van der Waals surface area (Å²) in [5.41, 5.74) is 5.52. The fourth-order valence-electron chi connectivity index (χ4n) is 2.49. The number of nitrogens with one attached hydrogen (secondary N) is 1. The van der Waals surface area contributed by atoms with Crippen LogP contribution < -0.4 is 10.5 Å². The molecule has 1 aliphatic heterocycles. The van der Waals surface area contributed by atoms with E-state index >= 15 is 0 Å². The van der Waals surface area contributed by atoms with Crippen LogP contribution in [0.2, 0.25) is 0 Å². The lowest BCUT2D eigenvalue weighted by molar-refractivity contribution is 0.313. The first kappa shape index (κ1) is 16.7. The number of nitrogens with zero attached hydrogens (tertiary/aromatic N) is 1. The highest BCUT2D eigenvalue weighted by atomic mass is 79.9. The Bertz CT molecular complexity index is 618. The van der Waals surface area contributed by atoms with Gasteiger partial charge in [0.1, 0.15) is 10.7 Å². The molecule has 1 fully saturated rings. The summed E-state index contributed by atoms with van der Waals surface area (Å²) in [7, 11) is -3.77. The molecule has 0 spiro atoms. The molecule has 1 aromatic carbocycles. The van der Waals surface area contributed by atoms with Gasteiger partial charge in [-0.25, -0.2) is 17.5 Å². The first-order valence-corrected chi connectivity index (χ1v) is 9.06. The summed E-state index contributed by atoms with van der Waals surface area (Å²) in [6.45, 7) is 4.46. The van der Waals surface area contributed by atoms with Gasteiger partial charge in [-0.2, -0.15) is 0 Å². The van der Waals surface area contributed by atoms with Crippen molar-refractivity contribution in [3.05, 3.63) is 22.4 Å². The average molecular weight is 380 g/mol. The normalized spacial score (nSPS) is 18.0. The summed E-state index contributed by atoms with van der Waals surface area (Å²) < 4.78 is 40.7. The molecule has 5 nitrogen and oxygen atoms in total. The summed E-state index contributed by atoms with van der Waals surface area (Å²) in [5.74, 6) is -0.587. The van der Waals surface area contributed by atoms with Gasteiger partial charge in [-0.1, -0.05) is 0 Å². The van der Waals surface area contributed by atoms with Crippen molar-refractivity contribution in [3.63, 3.8) is 0 Å². The van der Waals surface area contributed by atoms with Crippen molar-refractivity contribution in [1.82, 2.24) is 9.62 Å². The Kier molecular flexibility index (Phi) is 5.24. The van der Waals surface area contributed by atoms with E-state index in [1.54, 1.807) is 0 Å². The Morgan fingerprint density at radius 1 is 1.43 bits per heavy atom. The highest BCUT2D eigenvalue weighted by molar-refractivity contribution is 9.10. The van der Waals surface area contributed by atoms with Crippen LogP contribution in [0.15, 0.2) is 21.5 Å². The molecule has 21 heavy (non-hydrogen) atoms. The van der Waals surface area contributed by atoms with Crippen LogP contribution >= 0.6 is 15.9 Å². The lowest BCUT2D eigenvalue weighted by Gasteiger charge is -2.21. The Labute approximate surface area is 132 Å². The first-order chi connectivity index (χ1) is 9.79. The Hall–Kier alpha value is -0.700. The van der Waals surface area contributed by atoms with Crippen molar-refractivity contribution < 1.29 is 12.8 Å². The zero-order valence-corrected chi connectivity index (χ0v) is 14.2. The van der Waals surface area contributed by atoms with Crippen molar-refractivity contribution in [2.75, 3.05) is 25.4 Å². The number of rotatable bonds is 5. The second-order valence-corrected chi connectivity index (χ2v) is 7.87. The third-order valence-electron chi connectivity index (χ3n) is 3.43. The first-order valence-electron chi connectivity index (χ1n) is 6.79. The maximum Gasteiger partial charge on any atom is 0.242 e. The van der Waals surface area contributed by atoms with Crippen LogP contribution in [0, 0.1) is 5.82 Å². The number of nitrogens with two attached hydrogens (primary N) is 1. The van der Waals surface area contributed by atoms with Crippen LogP contribution in [0.1, 0.15) is 19.8 Å². The maximum atomic E-state index is 13.3. The molecule has 8 heteroatoms. The van der Waals surface area contributed by atoms with Gasteiger partial charge in [-0.05, 0) is 60.9 Å². The maximum absolute atomic E-state index is 13.3. The Balaban J connectivity index is 2.12. The molecular weight excluding hydrogens is 361 g/mol. The van der Waals surface area contributed by atoms with Gasteiger partial charge in [-0.3, -0.25) is 0 Å². The van der Waals surface area contributed by atoms with Crippen molar-refractivity contribution in [3.8, 4) is 0 Å². The number of likely N-dealkylation sites (tertiary alicyclic amines) is 1. The summed E-state index contributed by atoms with van der Waals surface area (Å²) in [5, 5.41) is 0. The molecule has 0 amide bonds. The van der Waals surface area contributed by atoms with Crippen molar-refractivity contribution in [2.45, 2.75) is 30.7 Å². The monoisotopic (exact) mass is 379 g/mol. The highest BCUT2D eigenvalue weighted by Gasteiger charge is 2.23. The van der Waals surface area contributed by atoms with Crippen molar-refractivity contribution >= 4 is 31.6 Å². The molecule has 1 heterocycles. The van der Waals surface area contributed by atoms with Gasteiger partial charge in [-0.15, -0.1) is 0 Å². The van der Waals surface area contributed by atoms with Crippen LogP contribution in [-0.2, 0) is 10.0 Å². The molecule has 118 valence electrons. The second kappa shape index (κ2) is 6.60. The van der Waals surface area contributed by atoms with Gasteiger partial charge in [0.15, 0.2) is 0 Å². The van der Waals surface area contributed by atoms with Gasteiger partial charge < -0.3 is 10.6 Å². The SMILES string of the molecule is CC(CN1CCCC1)NS(=O)(=O)c1cc(Br)c(F)cc1N. The minimum absolute atomic E-state index is 0.0734. The van der Waals surface area contributed by atoms with Crippen LogP contribution in [-0.4, -0.2) is 39.0 Å². The minimum atomic E-state index is -3.77. The smallest absolute Gasteiger partial charge is 0.242 e. The third-order valence-corrected chi connectivity index (χ3v) is 5.68. The summed E-state index contributed by atoms with van der Waals surface area (Å²) >= 11 is 2.98. The van der Waals surface area contributed by atoms with E-state index in [1.807, 2.05) is 6.92 Å². The van der Waals surface area contributed by atoms with Crippen LogP contribution in [0.5, 0.6) is 0 Å². The predicted octanol–water partition coefficient (Wildman–Crippen LogP) is 1.93. The van der Waals surface area contributed by atoms with Crippen molar-refractivity contribution in [2.24, 2.45) is 0 Å². The Morgan fingerprint density at radius 3 is 2.67 bits per heavy atom. The second-order valence-electron chi connectivity index (χ2n) is 5.33. The molecule has 0 aromatic heterocycles. The van der Waals surface area contributed by atoms with Gasteiger partial charge in [0, 0.05) is 12.6 Å². The average Bonchev–Trinajstić information content (AvgIpc) is 2.85.